The van der Waals surface area contributed by atoms with E-state index in [4.69, 9.17) is 0 Å². The lowest BCUT2D eigenvalue weighted by atomic mass is 10.0. The van der Waals surface area contributed by atoms with E-state index in [9.17, 15) is 0 Å². The molecular weight excluding hydrogens is 182 g/mol. The normalized spacial score (nSPS) is 11.1. The molecule has 0 heterocycles. The van der Waals surface area contributed by atoms with Crippen molar-refractivity contribution in [1.82, 2.24) is 0 Å². The summed E-state index contributed by atoms with van der Waals surface area (Å²) in [7, 11) is 2.17. The van der Waals surface area contributed by atoms with E-state index >= 15 is 0 Å². The van der Waals surface area contributed by atoms with E-state index in [0.29, 0.717) is 12.0 Å². The molecule has 84 valence electrons. The Morgan fingerprint density at radius 2 is 1.67 bits per heavy atom. The van der Waals surface area contributed by atoms with Gasteiger partial charge in [0.2, 0.25) is 0 Å². The second kappa shape index (κ2) is 5.20. The van der Waals surface area contributed by atoms with Crippen LogP contribution in [0.4, 0.5) is 5.69 Å². The van der Waals surface area contributed by atoms with E-state index < -0.39 is 0 Å². The molecule has 1 nitrogen and oxygen atoms in total. The first-order chi connectivity index (χ1) is 7.02. The Bertz CT molecular complexity index is 302. The standard InChI is InChI=1S/C14H23N/c1-11(2)10-13-8-6-7-9-14(13)15(5)12(3)4/h6-9,11-12H,10H2,1-5H3. The number of nitrogens with zero attached hydrogens (tertiary/aromatic N) is 1. The van der Waals surface area contributed by atoms with Crippen LogP contribution in [0.3, 0.4) is 0 Å². The smallest absolute Gasteiger partial charge is 0.0398 e. The summed E-state index contributed by atoms with van der Waals surface area (Å²) in [6.45, 7) is 9.00. The zero-order valence-electron chi connectivity index (χ0n) is 10.6. The third-order valence-electron chi connectivity index (χ3n) is 2.77. The van der Waals surface area contributed by atoms with Crippen molar-refractivity contribution in [3.8, 4) is 0 Å². The Labute approximate surface area is 94.1 Å². The molecule has 15 heavy (non-hydrogen) atoms. The van der Waals surface area contributed by atoms with Gasteiger partial charge in [0.1, 0.15) is 0 Å². The van der Waals surface area contributed by atoms with Crippen LogP contribution in [0.1, 0.15) is 33.3 Å². The highest BCUT2D eigenvalue weighted by atomic mass is 15.1. The van der Waals surface area contributed by atoms with Gasteiger partial charge in [0.25, 0.3) is 0 Å². The first kappa shape index (κ1) is 12.1. The summed E-state index contributed by atoms with van der Waals surface area (Å²) < 4.78 is 0. The van der Waals surface area contributed by atoms with Crippen molar-refractivity contribution in [2.24, 2.45) is 5.92 Å². The van der Waals surface area contributed by atoms with E-state index in [2.05, 4.69) is 63.9 Å². The lowest BCUT2D eigenvalue weighted by Crippen LogP contribution is -2.26. The van der Waals surface area contributed by atoms with Gasteiger partial charge < -0.3 is 4.90 Å². The third kappa shape index (κ3) is 3.26. The molecular formula is C14H23N. The maximum Gasteiger partial charge on any atom is 0.0398 e. The molecule has 0 saturated heterocycles. The van der Waals surface area contributed by atoms with Crippen molar-refractivity contribution < 1.29 is 0 Å². The number of benzene rings is 1. The molecule has 0 aliphatic rings. The minimum atomic E-state index is 0.554. The van der Waals surface area contributed by atoms with Gasteiger partial charge >= 0.3 is 0 Å². The van der Waals surface area contributed by atoms with Crippen molar-refractivity contribution in [1.29, 1.82) is 0 Å². The van der Waals surface area contributed by atoms with Gasteiger partial charge in [0.15, 0.2) is 0 Å². The molecule has 0 unspecified atom stereocenters. The molecule has 0 aromatic heterocycles. The molecule has 1 heteroatoms. The molecule has 0 fully saturated rings. The average Bonchev–Trinajstić information content (AvgIpc) is 2.16. The summed E-state index contributed by atoms with van der Waals surface area (Å²) in [5, 5.41) is 0. The van der Waals surface area contributed by atoms with Crippen molar-refractivity contribution >= 4 is 5.69 Å². The summed E-state index contributed by atoms with van der Waals surface area (Å²) in [4.78, 5) is 2.34. The fourth-order valence-electron chi connectivity index (χ4n) is 1.75. The topological polar surface area (TPSA) is 3.24 Å². The van der Waals surface area contributed by atoms with E-state index in [0.717, 1.165) is 6.42 Å². The lowest BCUT2D eigenvalue weighted by molar-refractivity contribution is 0.642. The minimum Gasteiger partial charge on any atom is -0.372 e. The summed E-state index contributed by atoms with van der Waals surface area (Å²) >= 11 is 0. The number of rotatable bonds is 4. The zero-order valence-corrected chi connectivity index (χ0v) is 10.6. The third-order valence-corrected chi connectivity index (χ3v) is 2.77. The average molecular weight is 205 g/mol. The van der Waals surface area contributed by atoms with Gasteiger partial charge in [0.05, 0.1) is 0 Å². The Hall–Kier alpha value is -0.980. The number of para-hydroxylation sites is 1. The predicted molar refractivity (Wildman–Crippen MR) is 68.5 cm³/mol. The summed E-state index contributed by atoms with van der Waals surface area (Å²) in [6.07, 6.45) is 1.16. The van der Waals surface area contributed by atoms with Gasteiger partial charge in [-0.15, -0.1) is 0 Å². The highest BCUT2D eigenvalue weighted by Gasteiger charge is 2.10. The molecule has 1 rings (SSSR count). The lowest BCUT2D eigenvalue weighted by Gasteiger charge is -2.26. The Morgan fingerprint density at radius 3 is 2.20 bits per heavy atom. The Morgan fingerprint density at radius 1 is 1.07 bits per heavy atom. The maximum absolute atomic E-state index is 2.34. The second-order valence-electron chi connectivity index (χ2n) is 4.93. The molecule has 0 bridgehead atoms. The fraction of sp³-hybridized carbons (Fsp3) is 0.571. The Balaban J connectivity index is 2.95. The molecule has 0 atom stereocenters. The maximum atomic E-state index is 2.34. The van der Waals surface area contributed by atoms with E-state index in [1.54, 1.807) is 0 Å². The number of hydrogen-bond acceptors (Lipinski definition) is 1. The van der Waals surface area contributed by atoms with Crippen LogP contribution in [0.2, 0.25) is 0 Å². The van der Waals surface area contributed by atoms with Crippen LogP contribution in [0.5, 0.6) is 0 Å². The van der Waals surface area contributed by atoms with Crippen LogP contribution in [-0.4, -0.2) is 13.1 Å². The van der Waals surface area contributed by atoms with Crippen molar-refractivity contribution in [3.05, 3.63) is 29.8 Å². The fourth-order valence-corrected chi connectivity index (χ4v) is 1.75. The molecule has 0 radical (unpaired) electrons. The van der Waals surface area contributed by atoms with Gasteiger partial charge in [-0.05, 0) is 37.8 Å². The monoisotopic (exact) mass is 205 g/mol. The zero-order chi connectivity index (χ0) is 11.4. The van der Waals surface area contributed by atoms with Crippen LogP contribution in [0.15, 0.2) is 24.3 Å². The predicted octanol–water partition coefficient (Wildman–Crippen LogP) is 3.73. The number of hydrogen-bond donors (Lipinski definition) is 0. The molecule has 0 saturated carbocycles. The van der Waals surface area contributed by atoms with Gasteiger partial charge in [-0.3, -0.25) is 0 Å². The molecule has 0 amide bonds. The highest BCUT2D eigenvalue weighted by molar-refractivity contribution is 5.53. The first-order valence-electron chi connectivity index (χ1n) is 5.83. The van der Waals surface area contributed by atoms with Crippen LogP contribution in [0, 0.1) is 5.92 Å². The second-order valence-corrected chi connectivity index (χ2v) is 4.93. The van der Waals surface area contributed by atoms with Crippen molar-refractivity contribution in [3.63, 3.8) is 0 Å². The summed E-state index contributed by atoms with van der Waals surface area (Å²) in [6, 6.07) is 9.28. The molecule has 1 aromatic rings. The molecule has 1 aromatic carbocycles. The first-order valence-corrected chi connectivity index (χ1v) is 5.83. The van der Waals surface area contributed by atoms with E-state index in [1.807, 2.05) is 0 Å². The van der Waals surface area contributed by atoms with Gasteiger partial charge in [-0.2, -0.15) is 0 Å². The largest absolute Gasteiger partial charge is 0.372 e. The molecule has 0 aliphatic carbocycles. The van der Waals surface area contributed by atoms with Crippen LogP contribution < -0.4 is 4.90 Å². The molecule has 0 N–H and O–H groups in total. The summed E-state index contributed by atoms with van der Waals surface area (Å²) in [5.41, 5.74) is 2.84. The van der Waals surface area contributed by atoms with Crippen LogP contribution in [-0.2, 0) is 6.42 Å². The highest BCUT2D eigenvalue weighted by Crippen LogP contribution is 2.23. The van der Waals surface area contributed by atoms with Crippen molar-refractivity contribution in [2.75, 3.05) is 11.9 Å². The van der Waals surface area contributed by atoms with Crippen LogP contribution in [0.25, 0.3) is 0 Å². The van der Waals surface area contributed by atoms with Crippen molar-refractivity contribution in [2.45, 2.75) is 40.2 Å². The van der Waals surface area contributed by atoms with Gasteiger partial charge in [-0.1, -0.05) is 32.0 Å². The van der Waals surface area contributed by atoms with E-state index in [-0.39, 0.29) is 0 Å². The van der Waals surface area contributed by atoms with Gasteiger partial charge in [-0.25, -0.2) is 0 Å². The van der Waals surface area contributed by atoms with Crippen LogP contribution >= 0.6 is 0 Å². The minimum absolute atomic E-state index is 0.554. The van der Waals surface area contributed by atoms with E-state index in [1.165, 1.54) is 11.3 Å². The quantitative estimate of drug-likeness (QED) is 0.724. The number of anilines is 1. The SMILES string of the molecule is CC(C)Cc1ccccc1N(C)C(C)C. The molecule has 0 aliphatic heterocycles. The molecule has 0 spiro atoms. The Kier molecular flexibility index (Phi) is 4.19. The summed E-state index contributed by atoms with van der Waals surface area (Å²) in [5.74, 6) is 0.715. The van der Waals surface area contributed by atoms with Gasteiger partial charge in [0, 0.05) is 18.8 Å².